The Morgan fingerprint density at radius 1 is 1.13 bits per heavy atom. The van der Waals surface area contributed by atoms with Crippen LogP contribution in [0.1, 0.15) is 34.8 Å². The van der Waals surface area contributed by atoms with E-state index in [0.29, 0.717) is 17.4 Å². The highest BCUT2D eigenvalue weighted by atomic mass is 16.4. The Morgan fingerprint density at radius 2 is 1.87 bits per heavy atom. The number of carbonyl (C=O) groups is 1. The summed E-state index contributed by atoms with van der Waals surface area (Å²) in [7, 11) is 0. The molecule has 2 aromatic carbocycles. The maximum absolute atomic E-state index is 12.7. The molecule has 0 unspecified atom stereocenters. The minimum Gasteiger partial charge on any atom is -0.507 e. The monoisotopic (exact) mass is 308 g/mol. The van der Waals surface area contributed by atoms with Crippen LogP contribution in [0.4, 0.5) is 0 Å². The summed E-state index contributed by atoms with van der Waals surface area (Å²) in [4.78, 5) is 24.6. The van der Waals surface area contributed by atoms with Gasteiger partial charge in [0.2, 0.25) is 5.78 Å². The van der Waals surface area contributed by atoms with Crippen molar-refractivity contribution in [2.75, 3.05) is 0 Å². The predicted molar refractivity (Wildman–Crippen MR) is 88.0 cm³/mol. The van der Waals surface area contributed by atoms with Crippen molar-refractivity contribution in [3.8, 4) is 5.75 Å². The van der Waals surface area contributed by atoms with Gasteiger partial charge in [-0.05, 0) is 24.1 Å². The molecule has 1 aromatic heterocycles. The largest absolute Gasteiger partial charge is 0.507 e. The summed E-state index contributed by atoms with van der Waals surface area (Å²) in [5, 5.41) is 10.9. The lowest BCUT2D eigenvalue weighted by molar-refractivity contribution is 0.103. The average molecular weight is 308 g/mol. The van der Waals surface area contributed by atoms with Crippen molar-refractivity contribution in [2.45, 2.75) is 19.8 Å². The van der Waals surface area contributed by atoms with Gasteiger partial charge in [0.25, 0.3) is 0 Å². The highest BCUT2D eigenvalue weighted by Gasteiger charge is 2.20. The van der Waals surface area contributed by atoms with E-state index < -0.39 is 5.63 Å². The number of ketones is 1. The minimum absolute atomic E-state index is 0.0313. The Balaban J connectivity index is 2.30. The maximum Gasteiger partial charge on any atom is 0.336 e. The van der Waals surface area contributed by atoms with Crippen molar-refractivity contribution < 1.29 is 14.3 Å². The molecule has 0 saturated carbocycles. The Kier molecular flexibility index (Phi) is 3.98. The first-order valence-electron chi connectivity index (χ1n) is 7.50. The first kappa shape index (κ1) is 15.0. The molecule has 0 spiro atoms. The molecular weight excluding hydrogens is 292 g/mol. The third-order valence-corrected chi connectivity index (χ3v) is 3.76. The lowest BCUT2D eigenvalue weighted by Crippen LogP contribution is -2.07. The number of rotatable bonds is 4. The summed E-state index contributed by atoms with van der Waals surface area (Å²) in [6.45, 7) is 2.01. The standard InChI is InChI=1S/C19H16O4/c1-2-6-13-11-16(21)23-19-14(13)9-10-15(20)17(19)18(22)12-7-4-3-5-8-12/h3-5,7-11,20H,2,6H2,1H3. The van der Waals surface area contributed by atoms with Crippen LogP contribution in [0.25, 0.3) is 11.0 Å². The van der Waals surface area contributed by atoms with Crippen LogP contribution in [0.3, 0.4) is 0 Å². The zero-order valence-corrected chi connectivity index (χ0v) is 12.7. The number of hydrogen-bond acceptors (Lipinski definition) is 4. The van der Waals surface area contributed by atoms with Crippen molar-refractivity contribution in [3.63, 3.8) is 0 Å². The molecule has 0 aliphatic rings. The number of phenolic OH excluding ortho intramolecular Hbond substituents is 1. The second kappa shape index (κ2) is 6.08. The smallest absolute Gasteiger partial charge is 0.336 e. The summed E-state index contributed by atoms with van der Waals surface area (Å²) in [6, 6.07) is 13.2. The Morgan fingerprint density at radius 3 is 2.57 bits per heavy atom. The van der Waals surface area contributed by atoms with Crippen molar-refractivity contribution in [2.24, 2.45) is 0 Å². The van der Waals surface area contributed by atoms with Gasteiger partial charge in [-0.2, -0.15) is 0 Å². The number of phenols is 1. The molecule has 3 rings (SSSR count). The molecule has 116 valence electrons. The lowest BCUT2D eigenvalue weighted by atomic mass is 9.97. The van der Waals surface area contributed by atoms with Crippen LogP contribution in [-0.4, -0.2) is 10.9 Å². The number of aromatic hydroxyl groups is 1. The zero-order chi connectivity index (χ0) is 16.4. The lowest BCUT2D eigenvalue weighted by Gasteiger charge is -2.10. The molecule has 0 amide bonds. The number of aryl methyl sites for hydroxylation is 1. The van der Waals surface area contributed by atoms with E-state index in [1.165, 1.54) is 12.1 Å². The fourth-order valence-corrected chi connectivity index (χ4v) is 2.71. The van der Waals surface area contributed by atoms with E-state index in [2.05, 4.69) is 0 Å². The van der Waals surface area contributed by atoms with E-state index in [1.807, 2.05) is 6.92 Å². The molecule has 0 aliphatic carbocycles. The second-order valence-electron chi connectivity index (χ2n) is 5.37. The van der Waals surface area contributed by atoms with Gasteiger partial charge < -0.3 is 9.52 Å². The highest BCUT2D eigenvalue weighted by Crippen LogP contribution is 2.30. The Labute approximate surface area is 133 Å². The van der Waals surface area contributed by atoms with E-state index in [9.17, 15) is 14.7 Å². The molecule has 0 fully saturated rings. The third kappa shape index (κ3) is 2.75. The SMILES string of the molecule is CCCc1cc(=O)oc2c(C(=O)c3ccccc3)c(O)ccc12. The molecule has 0 saturated heterocycles. The molecule has 23 heavy (non-hydrogen) atoms. The van der Waals surface area contributed by atoms with Crippen LogP contribution < -0.4 is 5.63 Å². The molecule has 0 bridgehead atoms. The molecule has 1 N–H and O–H groups in total. The number of carbonyl (C=O) groups excluding carboxylic acids is 1. The average Bonchev–Trinajstić information content (AvgIpc) is 2.55. The van der Waals surface area contributed by atoms with Crippen molar-refractivity contribution in [1.29, 1.82) is 0 Å². The van der Waals surface area contributed by atoms with Crippen LogP contribution in [0.15, 0.2) is 57.7 Å². The first-order chi connectivity index (χ1) is 11.1. The van der Waals surface area contributed by atoms with Gasteiger partial charge in [0.15, 0.2) is 5.58 Å². The predicted octanol–water partition coefficient (Wildman–Crippen LogP) is 3.68. The Hall–Kier alpha value is -2.88. The Bertz CT molecular complexity index is 923. The van der Waals surface area contributed by atoms with Gasteiger partial charge in [-0.1, -0.05) is 43.7 Å². The summed E-state index contributed by atoms with van der Waals surface area (Å²) in [6.07, 6.45) is 1.56. The summed E-state index contributed by atoms with van der Waals surface area (Å²) < 4.78 is 5.27. The molecular formula is C19H16O4. The van der Waals surface area contributed by atoms with Gasteiger partial charge in [0.1, 0.15) is 11.3 Å². The molecule has 0 radical (unpaired) electrons. The van der Waals surface area contributed by atoms with Crippen LogP contribution in [0.2, 0.25) is 0 Å². The van der Waals surface area contributed by atoms with Crippen molar-refractivity contribution in [1.82, 2.24) is 0 Å². The van der Waals surface area contributed by atoms with Crippen LogP contribution in [-0.2, 0) is 6.42 Å². The van der Waals surface area contributed by atoms with E-state index in [0.717, 1.165) is 12.0 Å². The second-order valence-corrected chi connectivity index (χ2v) is 5.37. The van der Waals surface area contributed by atoms with Gasteiger partial charge in [-0.3, -0.25) is 4.79 Å². The van der Waals surface area contributed by atoms with E-state index >= 15 is 0 Å². The third-order valence-electron chi connectivity index (χ3n) is 3.76. The molecule has 3 aromatic rings. The summed E-state index contributed by atoms with van der Waals surface area (Å²) >= 11 is 0. The van der Waals surface area contributed by atoms with E-state index in [1.54, 1.807) is 36.4 Å². The van der Waals surface area contributed by atoms with Crippen LogP contribution in [0.5, 0.6) is 5.75 Å². The molecule has 0 atom stereocenters. The maximum atomic E-state index is 12.7. The molecule has 0 aliphatic heterocycles. The van der Waals surface area contributed by atoms with Crippen LogP contribution >= 0.6 is 0 Å². The van der Waals surface area contributed by atoms with Crippen LogP contribution in [0, 0.1) is 0 Å². The first-order valence-corrected chi connectivity index (χ1v) is 7.50. The van der Waals surface area contributed by atoms with Crippen molar-refractivity contribution in [3.05, 3.63) is 75.6 Å². The quantitative estimate of drug-likeness (QED) is 0.589. The number of hydrogen-bond donors (Lipinski definition) is 1. The fraction of sp³-hybridized carbons (Fsp3) is 0.158. The topological polar surface area (TPSA) is 67.5 Å². The van der Waals surface area contributed by atoms with E-state index in [4.69, 9.17) is 4.42 Å². The summed E-state index contributed by atoms with van der Waals surface area (Å²) in [5.41, 5.74) is 0.909. The molecule has 1 heterocycles. The van der Waals surface area contributed by atoms with E-state index in [-0.39, 0.29) is 22.7 Å². The van der Waals surface area contributed by atoms with Gasteiger partial charge >= 0.3 is 5.63 Å². The van der Waals surface area contributed by atoms with Gasteiger partial charge in [-0.15, -0.1) is 0 Å². The normalized spacial score (nSPS) is 10.8. The van der Waals surface area contributed by atoms with Gasteiger partial charge in [0.05, 0.1) is 0 Å². The zero-order valence-electron chi connectivity index (χ0n) is 12.7. The number of fused-ring (bicyclic) bond motifs is 1. The molecule has 4 heteroatoms. The molecule has 4 nitrogen and oxygen atoms in total. The highest BCUT2D eigenvalue weighted by molar-refractivity contribution is 6.17. The summed E-state index contributed by atoms with van der Waals surface area (Å²) in [5.74, 6) is -0.561. The van der Waals surface area contributed by atoms with Crippen molar-refractivity contribution >= 4 is 16.8 Å². The van der Waals surface area contributed by atoms with Gasteiger partial charge in [-0.25, -0.2) is 4.79 Å². The number of benzene rings is 2. The fourth-order valence-electron chi connectivity index (χ4n) is 2.71. The van der Waals surface area contributed by atoms with Gasteiger partial charge in [0, 0.05) is 17.0 Å². The minimum atomic E-state index is -0.520.